The van der Waals surface area contributed by atoms with Gasteiger partial charge in [-0.2, -0.15) is 0 Å². The summed E-state index contributed by atoms with van der Waals surface area (Å²) in [6, 6.07) is 12.2. The zero-order chi connectivity index (χ0) is 18.7. The van der Waals surface area contributed by atoms with Gasteiger partial charge in [0.15, 0.2) is 11.7 Å². The Morgan fingerprint density at radius 1 is 1.04 bits per heavy atom. The molecule has 26 heavy (non-hydrogen) atoms. The van der Waals surface area contributed by atoms with Crippen molar-refractivity contribution in [3.63, 3.8) is 0 Å². The number of nitrogens with one attached hydrogen (secondary N) is 1. The Kier molecular flexibility index (Phi) is 5.38. The maximum Gasteiger partial charge on any atom is 0.264 e. The van der Waals surface area contributed by atoms with E-state index >= 15 is 0 Å². The molecule has 1 heterocycles. The highest BCUT2D eigenvalue weighted by molar-refractivity contribution is 7.14. The van der Waals surface area contributed by atoms with Gasteiger partial charge in [-0.1, -0.05) is 30.3 Å². The van der Waals surface area contributed by atoms with Gasteiger partial charge < -0.3 is 4.74 Å². The number of rotatable bonds is 5. The summed E-state index contributed by atoms with van der Waals surface area (Å²) in [7, 11) is 0. The molecule has 0 saturated heterocycles. The maximum absolute atomic E-state index is 12.2. The Bertz CT molecular complexity index is 927. The molecular formula is C21H22N2O2S. The fraction of sp³-hybridized carbons (Fsp3) is 0.238. The van der Waals surface area contributed by atoms with E-state index in [0.29, 0.717) is 5.13 Å². The summed E-state index contributed by atoms with van der Waals surface area (Å²) in [5.74, 6) is 0.547. The Morgan fingerprint density at radius 2 is 1.77 bits per heavy atom. The fourth-order valence-corrected chi connectivity index (χ4v) is 3.42. The van der Waals surface area contributed by atoms with Crippen molar-refractivity contribution >= 4 is 22.4 Å². The van der Waals surface area contributed by atoms with Crippen LogP contribution in [-0.2, 0) is 4.79 Å². The first-order valence-corrected chi connectivity index (χ1v) is 9.34. The van der Waals surface area contributed by atoms with Gasteiger partial charge in [0.2, 0.25) is 0 Å². The number of amides is 1. The third-order valence-corrected chi connectivity index (χ3v) is 5.07. The van der Waals surface area contributed by atoms with E-state index < -0.39 is 0 Å². The number of hydrogen-bond acceptors (Lipinski definition) is 4. The number of ether oxygens (including phenoxy) is 1. The molecule has 3 aromatic rings. The number of thiazole rings is 1. The van der Waals surface area contributed by atoms with Gasteiger partial charge >= 0.3 is 0 Å². The van der Waals surface area contributed by atoms with E-state index in [1.165, 1.54) is 22.5 Å². The molecule has 0 spiro atoms. The van der Waals surface area contributed by atoms with E-state index in [9.17, 15) is 4.79 Å². The largest absolute Gasteiger partial charge is 0.483 e. The molecule has 0 bridgehead atoms. The molecule has 3 rings (SSSR count). The third kappa shape index (κ3) is 4.11. The van der Waals surface area contributed by atoms with Crippen LogP contribution in [0.15, 0.2) is 41.8 Å². The molecule has 1 aromatic heterocycles. The van der Waals surface area contributed by atoms with Crippen LogP contribution in [0.5, 0.6) is 5.75 Å². The molecule has 134 valence electrons. The van der Waals surface area contributed by atoms with Crippen molar-refractivity contribution in [1.29, 1.82) is 0 Å². The van der Waals surface area contributed by atoms with Crippen LogP contribution in [0.3, 0.4) is 0 Å². The first kappa shape index (κ1) is 18.1. The third-order valence-electron chi connectivity index (χ3n) is 4.31. The average molecular weight is 366 g/mol. The summed E-state index contributed by atoms with van der Waals surface area (Å²) in [4.78, 5) is 16.7. The molecule has 2 aromatic carbocycles. The summed E-state index contributed by atoms with van der Waals surface area (Å²) >= 11 is 1.41. The number of carbonyl (C=O) groups is 1. The van der Waals surface area contributed by atoms with Crippen molar-refractivity contribution in [2.24, 2.45) is 0 Å². The van der Waals surface area contributed by atoms with Crippen LogP contribution in [-0.4, -0.2) is 17.5 Å². The second kappa shape index (κ2) is 7.70. The van der Waals surface area contributed by atoms with Crippen molar-refractivity contribution in [3.05, 3.63) is 64.0 Å². The van der Waals surface area contributed by atoms with Crippen molar-refractivity contribution in [1.82, 2.24) is 4.98 Å². The molecular weight excluding hydrogens is 344 g/mol. The van der Waals surface area contributed by atoms with Gasteiger partial charge in [-0.3, -0.25) is 10.1 Å². The number of aromatic nitrogens is 1. The SMILES string of the molecule is Cc1ccc(-c2csc(NC(=O)COc3c(C)cccc3C)n2)cc1C. The normalized spacial score (nSPS) is 10.6. The second-order valence-corrected chi connectivity index (χ2v) is 7.25. The van der Waals surface area contributed by atoms with Gasteiger partial charge in [-0.15, -0.1) is 11.3 Å². The van der Waals surface area contributed by atoms with Gasteiger partial charge in [-0.25, -0.2) is 4.98 Å². The minimum atomic E-state index is -0.214. The van der Waals surface area contributed by atoms with Crippen molar-refractivity contribution in [2.45, 2.75) is 27.7 Å². The monoisotopic (exact) mass is 366 g/mol. The quantitative estimate of drug-likeness (QED) is 0.686. The van der Waals surface area contributed by atoms with Crippen molar-refractivity contribution in [2.75, 3.05) is 11.9 Å². The molecule has 0 aliphatic heterocycles. The molecule has 0 unspecified atom stereocenters. The molecule has 5 heteroatoms. The standard InChI is InChI=1S/C21H22N2O2S/c1-13-8-9-17(10-16(13)4)18-12-26-21(22-18)23-19(24)11-25-20-14(2)6-5-7-15(20)3/h5-10,12H,11H2,1-4H3,(H,22,23,24). The molecule has 1 N–H and O–H groups in total. The summed E-state index contributed by atoms with van der Waals surface area (Å²) < 4.78 is 5.69. The lowest BCUT2D eigenvalue weighted by Gasteiger charge is -2.11. The summed E-state index contributed by atoms with van der Waals surface area (Å²) in [5.41, 5.74) is 6.43. The van der Waals surface area contributed by atoms with E-state index in [0.717, 1.165) is 28.1 Å². The van der Waals surface area contributed by atoms with E-state index in [4.69, 9.17) is 4.74 Å². The highest BCUT2D eigenvalue weighted by Gasteiger charge is 2.11. The first-order chi connectivity index (χ1) is 12.4. The van der Waals surface area contributed by atoms with Crippen LogP contribution in [0.4, 0.5) is 5.13 Å². The van der Waals surface area contributed by atoms with Gasteiger partial charge in [-0.05, 0) is 56.0 Å². The molecule has 4 nitrogen and oxygen atoms in total. The topological polar surface area (TPSA) is 51.2 Å². The van der Waals surface area contributed by atoms with Crippen molar-refractivity contribution < 1.29 is 9.53 Å². The highest BCUT2D eigenvalue weighted by atomic mass is 32.1. The molecule has 0 saturated carbocycles. The maximum atomic E-state index is 12.2. The molecule has 0 radical (unpaired) electrons. The van der Waals surface area contributed by atoms with Crippen LogP contribution in [0.1, 0.15) is 22.3 Å². The molecule has 0 aliphatic rings. The van der Waals surface area contributed by atoms with E-state index in [1.807, 2.05) is 43.5 Å². The highest BCUT2D eigenvalue weighted by Crippen LogP contribution is 2.27. The number of para-hydroxylation sites is 1. The van der Waals surface area contributed by atoms with E-state index in [1.54, 1.807) is 0 Å². The fourth-order valence-electron chi connectivity index (χ4n) is 2.68. The van der Waals surface area contributed by atoms with Gasteiger partial charge in [0.25, 0.3) is 5.91 Å². The number of carbonyl (C=O) groups excluding carboxylic acids is 1. The Morgan fingerprint density at radius 3 is 2.46 bits per heavy atom. The molecule has 0 fully saturated rings. The predicted octanol–water partition coefficient (Wildman–Crippen LogP) is 5.06. The first-order valence-electron chi connectivity index (χ1n) is 8.46. The van der Waals surface area contributed by atoms with Gasteiger partial charge in [0, 0.05) is 10.9 Å². The van der Waals surface area contributed by atoms with E-state index in [2.05, 4.69) is 36.3 Å². The smallest absolute Gasteiger partial charge is 0.264 e. The lowest BCUT2D eigenvalue weighted by Crippen LogP contribution is -2.20. The predicted molar refractivity (Wildman–Crippen MR) is 107 cm³/mol. The van der Waals surface area contributed by atoms with Crippen molar-refractivity contribution in [3.8, 4) is 17.0 Å². The minimum Gasteiger partial charge on any atom is -0.483 e. The number of nitrogens with zero attached hydrogens (tertiary/aromatic N) is 1. The molecule has 1 amide bonds. The lowest BCUT2D eigenvalue weighted by atomic mass is 10.1. The molecule has 0 atom stereocenters. The number of aryl methyl sites for hydroxylation is 4. The van der Waals surface area contributed by atoms with Gasteiger partial charge in [0.1, 0.15) is 5.75 Å². The number of hydrogen-bond donors (Lipinski definition) is 1. The number of anilines is 1. The summed E-state index contributed by atoms with van der Waals surface area (Å²) in [5, 5.41) is 5.34. The van der Waals surface area contributed by atoms with Crippen LogP contribution in [0.25, 0.3) is 11.3 Å². The summed E-state index contributed by atoms with van der Waals surface area (Å²) in [6.07, 6.45) is 0. The van der Waals surface area contributed by atoms with E-state index in [-0.39, 0.29) is 12.5 Å². The second-order valence-electron chi connectivity index (χ2n) is 6.39. The molecule has 0 aliphatic carbocycles. The zero-order valence-electron chi connectivity index (χ0n) is 15.4. The Hall–Kier alpha value is -2.66. The average Bonchev–Trinajstić information content (AvgIpc) is 3.05. The minimum absolute atomic E-state index is 0.0375. The van der Waals surface area contributed by atoms with Crippen LogP contribution < -0.4 is 10.1 Å². The zero-order valence-corrected chi connectivity index (χ0v) is 16.2. The Labute approximate surface area is 157 Å². The van der Waals surface area contributed by atoms with Crippen LogP contribution in [0, 0.1) is 27.7 Å². The van der Waals surface area contributed by atoms with Crippen LogP contribution in [0.2, 0.25) is 0 Å². The number of benzene rings is 2. The lowest BCUT2D eigenvalue weighted by molar-refractivity contribution is -0.118. The van der Waals surface area contributed by atoms with Crippen LogP contribution >= 0.6 is 11.3 Å². The Balaban J connectivity index is 1.63. The summed E-state index contributed by atoms with van der Waals surface area (Å²) in [6.45, 7) is 8.07. The van der Waals surface area contributed by atoms with Gasteiger partial charge in [0.05, 0.1) is 5.69 Å².